The van der Waals surface area contributed by atoms with E-state index in [9.17, 15) is 9.90 Å². The zero-order chi connectivity index (χ0) is 31.7. The summed E-state index contributed by atoms with van der Waals surface area (Å²) in [5.74, 6) is 3.80. The maximum Gasteiger partial charge on any atom is 0.331 e. The molecule has 0 heterocycles. The Balaban J connectivity index is 1.15. The van der Waals surface area contributed by atoms with E-state index in [1.807, 2.05) is 12.1 Å². The lowest BCUT2D eigenvalue weighted by atomic mass is 9.41. The fourth-order valence-corrected chi connectivity index (χ4v) is 12.9. The highest BCUT2D eigenvalue weighted by atomic mass is 16.5. The first kappa shape index (κ1) is 31.9. The second-order valence-electron chi connectivity index (χ2n) is 17.4. The normalized spacial score (nSPS) is 41.5. The van der Waals surface area contributed by atoms with Crippen LogP contribution in [0.2, 0.25) is 0 Å². The van der Waals surface area contributed by atoms with Crippen LogP contribution in [-0.4, -0.2) is 17.2 Å². The Morgan fingerprint density at radius 2 is 1.64 bits per heavy atom. The summed E-state index contributed by atoms with van der Waals surface area (Å²) in [6, 6.07) is 6.91. The zero-order valence-corrected chi connectivity index (χ0v) is 28.9. The molecule has 10 unspecified atom stereocenters. The molecule has 2 spiro atoms. The first-order chi connectivity index (χ1) is 20.7. The van der Waals surface area contributed by atoms with Crippen LogP contribution in [0.15, 0.2) is 42.5 Å². The Morgan fingerprint density at radius 1 is 0.955 bits per heavy atom. The largest absolute Gasteiger partial charge is 0.508 e. The van der Waals surface area contributed by atoms with Crippen LogP contribution in [0, 0.1) is 56.7 Å². The minimum Gasteiger partial charge on any atom is -0.508 e. The minimum atomic E-state index is -0.244. The zero-order valence-electron chi connectivity index (χ0n) is 28.9. The number of hydrogen-bond acceptors (Lipinski definition) is 3. The van der Waals surface area contributed by atoms with Gasteiger partial charge in [-0.05, 0) is 159 Å². The van der Waals surface area contributed by atoms with Crippen LogP contribution in [0.5, 0.6) is 5.75 Å². The average molecular weight is 601 g/mol. The number of fused-ring (bicyclic) bond motifs is 2. The van der Waals surface area contributed by atoms with Gasteiger partial charge in [0, 0.05) is 11.5 Å². The van der Waals surface area contributed by atoms with Gasteiger partial charge in [0.1, 0.15) is 11.9 Å². The number of carbonyl (C=O) groups excluding carboxylic acids is 1. The lowest BCUT2D eigenvalue weighted by Crippen LogP contribution is -2.58. The van der Waals surface area contributed by atoms with Gasteiger partial charge in [0.15, 0.2) is 0 Å². The quantitative estimate of drug-likeness (QED) is 0.174. The van der Waals surface area contributed by atoms with Crippen LogP contribution in [0.3, 0.4) is 0 Å². The van der Waals surface area contributed by atoms with Gasteiger partial charge in [-0.25, -0.2) is 4.79 Å². The van der Waals surface area contributed by atoms with Crippen molar-refractivity contribution >= 4 is 12.0 Å². The second kappa shape index (κ2) is 11.0. The topological polar surface area (TPSA) is 46.5 Å². The van der Waals surface area contributed by atoms with E-state index in [0.717, 1.165) is 29.7 Å². The molecule has 0 amide bonds. The van der Waals surface area contributed by atoms with E-state index in [4.69, 9.17) is 4.74 Å². The number of ether oxygens (including phenoxy) is 1. The molecule has 10 atom stereocenters. The van der Waals surface area contributed by atoms with Crippen LogP contribution < -0.4 is 0 Å². The van der Waals surface area contributed by atoms with Crippen molar-refractivity contribution in [1.82, 2.24) is 0 Å². The number of esters is 1. The summed E-state index contributed by atoms with van der Waals surface area (Å²) in [7, 11) is 0. The van der Waals surface area contributed by atoms with Gasteiger partial charge in [-0.2, -0.15) is 0 Å². The lowest BCUT2D eigenvalue weighted by molar-refractivity contribution is -0.179. The first-order valence-electron chi connectivity index (χ1n) is 18.1. The first-order valence-corrected chi connectivity index (χ1v) is 18.1. The van der Waals surface area contributed by atoms with E-state index >= 15 is 0 Å². The monoisotopic (exact) mass is 600 g/mol. The third-order valence-corrected chi connectivity index (χ3v) is 15.5. The molecule has 6 rings (SSSR count). The Morgan fingerprint density at radius 3 is 2.32 bits per heavy atom. The third kappa shape index (κ3) is 4.67. The van der Waals surface area contributed by atoms with Crippen molar-refractivity contribution in [2.24, 2.45) is 56.7 Å². The van der Waals surface area contributed by atoms with E-state index < -0.39 is 0 Å². The van der Waals surface area contributed by atoms with Gasteiger partial charge in [-0.15, -0.1) is 0 Å². The summed E-state index contributed by atoms with van der Waals surface area (Å²) >= 11 is 0. The summed E-state index contributed by atoms with van der Waals surface area (Å²) in [6.45, 7) is 21.7. The highest BCUT2D eigenvalue weighted by Gasteiger charge is 2.82. The van der Waals surface area contributed by atoms with Gasteiger partial charge in [-0.3, -0.25) is 0 Å². The van der Waals surface area contributed by atoms with E-state index in [1.54, 1.807) is 24.3 Å². The number of phenols is 1. The standard InChI is InChI=1S/C41H60O3/c1-9-30(27(2)3)14-10-28(4)32-20-22-39(8)34-18-17-33-37(5,6)35(44-36(43)19-13-29-11-15-31(42)16-12-29)21-23-40(33)26-41(34,40)25-24-38(32,39)7/h11-13,15-16,19,28,30,32-35,42H,2,9-10,14,17-18,20-26H2,1,3-8H3. The Bertz CT molecular complexity index is 1290. The van der Waals surface area contributed by atoms with Crippen molar-refractivity contribution in [3.8, 4) is 5.75 Å². The summed E-state index contributed by atoms with van der Waals surface area (Å²) in [5.41, 5.74) is 4.12. The van der Waals surface area contributed by atoms with Crippen LogP contribution >= 0.6 is 0 Å². The maximum absolute atomic E-state index is 13.0. The summed E-state index contributed by atoms with van der Waals surface area (Å²) in [5, 5.41) is 9.54. The molecule has 0 bridgehead atoms. The molecule has 0 saturated heterocycles. The minimum absolute atomic E-state index is 0.0117. The van der Waals surface area contributed by atoms with Crippen LogP contribution in [0.4, 0.5) is 0 Å². The van der Waals surface area contributed by atoms with Crippen molar-refractivity contribution in [2.75, 3.05) is 0 Å². The predicted octanol–water partition coefficient (Wildman–Crippen LogP) is 10.8. The molecule has 5 aliphatic rings. The third-order valence-electron chi connectivity index (χ3n) is 15.5. The molecular weight excluding hydrogens is 540 g/mol. The van der Waals surface area contributed by atoms with E-state index in [2.05, 4.69) is 55.0 Å². The SMILES string of the molecule is C=C(C)C(CC)CCC(C)C1CCC2(C)C3CCC4C(C)(C)C(OC(=O)C=Cc5ccc(O)cc5)CCC45CC35CCC12C. The van der Waals surface area contributed by atoms with Crippen molar-refractivity contribution in [3.05, 3.63) is 48.1 Å². The molecule has 5 aliphatic carbocycles. The molecule has 3 heteroatoms. The summed E-state index contributed by atoms with van der Waals surface area (Å²) in [6.07, 6.45) is 19.1. The molecule has 0 aromatic heterocycles. The van der Waals surface area contributed by atoms with Gasteiger partial charge in [0.2, 0.25) is 0 Å². The highest BCUT2D eigenvalue weighted by molar-refractivity contribution is 5.87. The predicted molar refractivity (Wildman–Crippen MR) is 181 cm³/mol. The van der Waals surface area contributed by atoms with Crippen LogP contribution in [0.1, 0.15) is 131 Å². The van der Waals surface area contributed by atoms with Gasteiger partial charge < -0.3 is 9.84 Å². The van der Waals surface area contributed by atoms with Gasteiger partial charge in [0.25, 0.3) is 0 Å². The number of rotatable bonds is 9. The Labute approximate surface area is 268 Å². The molecule has 242 valence electrons. The van der Waals surface area contributed by atoms with Crippen molar-refractivity contribution in [3.63, 3.8) is 0 Å². The second-order valence-corrected chi connectivity index (χ2v) is 17.4. The smallest absolute Gasteiger partial charge is 0.331 e. The molecule has 1 aromatic carbocycles. The van der Waals surface area contributed by atoms with Crippen molar-refractivity contribution in [2.45, 2.75) is 132 Å². The fourth-order valence-electron chi connectivity index (χ4n) is 12.9. The Kier molecular flexibility index (Phi) is 8.02. The highest BCUT2D eigenvalue weighted by Crippen LogP contribution is 2.89. The van der Waals surface area contributed by atoms with E-state index in [-0.39, 0.29) is 23.2 Å². The van der Waals surface area contributed by atoms with Gasteiger partial charge in [0.05, 0.1) is 0 Å². The van der Waals surface area contributed by atoms with Crippen LogP contribution in [0.25, 0.3) is 6.08 Å². The Hall–Kier alpha value is -2.03. The van der Waals surface area contributed by atoms with Crippen molar-refractivity contribution in [1.29, 1.82) is 0 Å². The molecule has 5 saturated carbocycles. The van der Waals surface area contributed by atoms with Crippen LogP contribution in [-0.2, 0) is 9.53 Å². The number of carbonyl (C=O) groups is 1. The maximum atomic E-state index is 13.0. The number of benzene rings is 1. The van der Waals surface area contributed by atoms with Crippen molar-refractivity contribution < 1.29 is 14.6 Å². The molecule has 0 radical (unpaired) electrons. The molecule has 1 N–H and O–H groups in total. The molecule has 5 fully saturated rings. The molecule has 0 aliphatic heterocycles. The molecule has 44 heavy (non-hydrogen) atoms. The van der Waals surface area contributed by atoms with Gasteiger partial charge >= 0.3 is 5.97 Å². The van der Waals surface area contributed by atoms with Gasteiger partial charge in [-0.1, -0.05) is 65.8 Å². The number of phenolic OH excluding ortho intramolecular Hbond substituents is 1. The molecule has 1 aromatic rings. The number of hydrogen-bond donors (Lipinski definition) is 1. The summed E-state index contributed by atoms with van der Waals surface area (Å²) in [4.78, 5) is 13.0. The van der Waals surface area contributed by atoms with E-state index in [1.165, 1.54) is 76.2 Å². The lowest BCUT2D eigenvalue weighted by Gasteiger charge is -2.63. The molecular formula is C41H60O3. The van der Waals surface area contributed by atoms with E-state index in [0.29, 0.717) is 33.5 Å². The number of aromatic hydroxyl groups is 1. The molecule has 3 nitrogen and oxygen atoms in total. The average Bonchev–Trinajstić information content (AvgIpc) is 3.56. The summed E-state index contributed by atoms with van der Waals surface area (Å²) < 4.78 is 6.23. The number of allylic oxidation sites excluding steroid dienone is 1. The fraction of sp³-hybridized carbons (Fsp3) is 0.732.